The molecular formula is C15H21ClN2O2. The van der Waals surface area contributed by atoms with Crippen molar-refractivity contribution < 1.29 is 9.90 Å². The number of hydrogen-bond donors (Lipinski definition) is 3. The molecule has 1 aliphatic rings. The summed E-state index contributed by atoms with van der Waals surface area (Å²) in [6.45, 7) is 1.91. The molecule has 1 saturated carbocycles. The minimum absolute atomic E-state index is 0.0258. The van der Waals surface area contributed by atoms with Gasteiger partial charge in [0.2, 0.25) is 0 Å². The second kappa shape index (κ2) is 6.95. The maximum Gasteiger partial charge on any atom is 0.315 e. The Bertz CT molecular complexity index is 440. The van der Waals surface area contributed by atoms with Gasteiger partial charge in [0.15, 0.2) is 0 Å². The molecule has 0 spiro atoms. The van der Waals surface area contributed by atoms with Crippen LogP contribution >= 0.6 is 11.6 Å². The fourth-order valence-electron chi connectivity index (χ4n) is 2.43. The predicted molar refractivity (Wildman–Crippen MR) is 80.0 cm³/mol. The lowest BCUT2D eigenvalue weighted by atomic mass is 9.76. The van der Waals surface area contributed by atoms with Gasteiger partial charge in [0.25, 0.3) is 0 Å². The van der Waals surface area contributed by atoms with Crippen LogP contribution in [0.2, 0.25) is 5.02 Å². The molecule has 0 radical (unpaired) electrons. The zero-order chi connectivity index (χ0) is 14.5. The third-order valence-corrected chi connectivity index (χ3v) is 4.12. The first-order valence-electron chi connectivity index (χ1n) is 7.05. The number of aliphatic hydroxyl groups excluding tert-OH is 1. The van der Waals surface area contributed by atoms with Crippen molar-refractivity contribution in [2.75, 3.05) is 6.61 Å². The van der Waals surface area contributed by atoms with Crippen LogP contribution in [0.5, 0.6) is 0 Å². The van der Waals surface area contributed by atoms with Crippen molar-refractivity contribution in [2.24, 2.45) is 0 Å². The number of benzene rings is 1. The molecule has 20 heavy (non-hydrogen) atoms. The Balaban J connectivity index is 1.73. The molecule has 0 aliphatic heterocycles. The van der Waals surface area contributed by atoms with E-state index in [0.29, 0.717) is 5.92 Å². The summed E-state index contributed by atoms with van der Waals surface area (Å²) in [5.74, 6) is 0.498. The molecule has 1 atom stereocenters. The van der Waals surface area contributed by atoms with E-state index in [0.717, 1.165) is 24.3 Å². The number of nitrogens with one attached hydrogen (secondary N) is 2. The molecule has 1 aromatic carbocycles. The second-order valence-corrected chi connectivity index (χ2v) is 5.76. The number of urea groups is 1. The highest BCUT2D eigenvalue weighted by Crippen LogP contribution is 2.37. The van der Waals surface area contributed by atoms with Gasteiger partial charge in [-0.15, -0.1) is 0 Å². The van der Waals surface area contributed by atoms with Gasteiger partial charge in [-0.3, -0.25) is 0 Å². The number of halogens is 1. The molecular weight excluding hydrogens is 276 g/mol. The summed E-state index contributed by atoms with van der Waals surface area (Å²) >= 11 is 5.87. The molecule has 2 amide bonds. The van der Waals surface area contributed by atoms with Crippen LogP contribution in [0, 0.1) is 0 Å². The summed E-state index contributed by atoms with van der Waals surface area (Å²) in [6, 6.07) is 7.75. The van der Waals surface area contributed by atoms with Crippen molar-refractivity contribution in [3.63, 3.8) is 0 Å². The smallest absolute Gasteiger partial charge is 0.315 e. The number of carbonyl (C=O) groups is 1. The number of hydrogen-bond acceptors (Lipinski definition) is 2. The monoisotopic (exact) mass is 296 g/mol. The lowest BCUT2D eigenvalue weighted by Gasteiger charge is -2.36. The van der Waals surface area contributed by atoms with E-state index in [1.165, 1.54) is 5.56 Å². The molecule has 1 fully saturated rings. The van der Waals surface area contributed by atoms with Gasteiger partial charge in [0.05, 0.1) is 12.6 Å². The van der Waals surface area contributed by atoms with Gasteiger partial charge < -0.3 is 15.7 Å². The van der Waals surface area contributed by atoms with E-state index >= 15 is 0 Å². The van der Waals surface area contributed by atoms with E-state index in [9.17, 15) is 4.79 Å². The van der Waals surface area contributed by atoms with Crippen LogP contribution in [0.25, 0.3) is 0 Å². The Morgan fingerprint density at radius 3 is 2.60 bits per heavy atom. The van der Waals surface area contributed by atoms with Crippen molar-refractivity contribution >= 4 is 17.6 Å². The van der Waals surface area contributed by atoms with Gasteiger partial charge in [-0.25, -0.2) is 4.79 Å². The minimum Gasteiger partial charge on any atom is -0.394 e. The summed E-state index contributed by atoms with van der Waals surface area (Å²) in [7, 11) is 0. The van der Waals surface area contributed by atoms with E-state index in [4.69, 9.17) is 16.7 Å². The van der Waals surface area contributed by atoms with E-state index in [2.05, 4.69) is 10.6 Å². The molecule has 0 saturated heterocycles. The summed E-state index contributed by atoms with van der Waals surface area (Å²) in [5, 5.41) is 15.5. The molecule has 1 aliphatic carbocycles. The number of amides is 2. The Labute approximate surface area is 124 Å². The van der Waals surface area contributed by atoms with Crippen LogP contribution in [-0.4, -0.2) is 29.8 Å². The summed E-state index contributed by atoms with van der Waals surface area (Å²) in [4.78, 5) is 11.7. The van der Waals surface area contributed by atoms with Crippen LogP contribution in [0.4, 0.5) is 4.79 Å². The predicted octanol–water partition coefficient (Wildman–Crippen LogP) is 2.66. The van der Waals surface area contributed by atoms with Crippen LogP contribution < -0.4 is 10.6 Å². The molecule has 0 bridgehead atoms. The maximum absolute atomic E-state index is 11.7. The van der Waals surface area contributed by atoms with Gasteiger partial charge in [0, 0.05) is 11.1 Å². The van der Waals surface area contributed by atoms with Gasteiger partial charge in [-0.2, -0.15) is 0 Å². The fourth-order valence-corrected chi connectivity index (χ4v) is 2.56. The molecule has 2 rings (SSSR count). The topological polar surface area (TPSA) is 61.4 Å². The SMILES string of the molecule is CC[C@H](CO)NC(=O)NC1CC(c2ccc(Cl)cc2)C1. The zero-order valence-corrected chi connectivity index (χ0v) is 12.4. The average molecular weight is 297 g/mol. The summed E-state index contributed by atoms with van der Waals surface area (Å²) < 4.78 is 0. The first-order chi connectivity index (χ1) is 9.62. The molecule has 3 N–H and O–H groups in total. The number of rotatable bonds is 5. The van der Waals surface area contributed by atoms with Crippen molar-refractivity contribution in [1.29, 1.82) is 0 Å². The molecule has 5 heteroatoms. The molecule has 0 heterocycles. The van der Waals surface area contributed by atoms with Crippen molar-refractivity contribution in [2.45, 2.75) is 44.2 Å². The Morgan fingerprint density at radius 1 is 1.40 bits per heavy atom. The van der Waals surface area contributed by atoms with E-state index in [-0.39, 0.29) is 24.7 Å². The largest absolute Gasteiger partial charge is 0.394 e. The molecule has 1 aromatic rings. The normalized spacial score (nSPS) is 22.8. The van der Waals surface area contributed by atoms with E-state index in [1.54, 1.807) is 0 Å². The first kappa shape index (κ1) is 15.1. The zero-order valence-electron chi connectivity index (χ0n) is 11.6. The van der Waals surface area contributed by atoms with Crippen LogP contribution in [0.1, 0.15) is 37.7 Å². The lowest BCUT2D eigenvalue weighted by molar-refractivity contribution is 0.202. The van der Waals surface area contributed by atoms with Crippen molar-refractivity contribution in [1.82, 2.24) is 10.6 Å². The highest BCUT2D eigenvalue weighted by atomic mass is 35.5. The maximum atomic E-state index is 11.7. The third-order valence-electron chi connectivity index (χ3n) is 3.86. The lowest BCUT2D eigenvalue weighted by Crippen LogP contribution is -2.50. The number of aliphatic hydroxyl groups is 1. The quantitative estimate of drug-likeness (QED) is 0.782. The molecule has 0 aromatic heterocycles. The van der Waals surface area contributed by atoms with Crippen LogP contribution in [-0.2, 0) is 0 Å². The Morgan fingerprint density at radius 2 is 2.05 bits per heavy atom. The van der Waals surface area contributed by atoms with Crippen molar-refractivity contribution in [3.8, 4) is 0 Å². The minimum atomic E-state index is -0.189. The van der Waals surface area contributed by atoms with Crippen LogP contribution in [0.3, 0.4) is 0 Å². The third kappa shape index (κ3) is 3.87. The second-order valence-electron chi connectivity index (χ2n) is 5.32. The van der Waals surface area contributed by atoms with Gasteiger partial charge >= 0.3 is 6.03 Å². The van der Waals surface area contributed by atoms with Crippen molar-refractivity contribution in [3.05, 3.63) is 34.9 Å². The summed E-state index contributed by atoms with van der Waals surface area (Å²) in [6.07, 6.45) is 2.62. The Kier molecular flexibility index (Phi) is 5.26. The fraction of sp³-hybridized carbons (Fsp3) is 0.533. The highest BCUT2D eigenvalue weighted by molar-refractivity contribution is 6.30. The van der Waals surface area contributed by atoms with E-state index in [1.807, 2.05) is 31.2 Å². The van der Waals surface area contributed by atoms with Gasteiger partial charge in [-0.1, -0.05) is 30.7 Å². The number of carbonyl (C=O) groups excluding carboxylic acids is 1. The highest BCUT2D eigenvalue weighted by Gasteiger charge is 2.31. The first-order valence-corrected chi connectivity index (χ1v) is 7.43. The standard InChI is InChI=1S/C15H21ClN2O2/c1-2-13(9-19)17-15(20)18-14-7-11(8-14)10-3-5-12(16)6-4-10/h3-6,11,13-14,19H,2,7-9H2,1H3,(H2,17,18,20)/t11?,13-,14?/m1/s1. The van der Waals surface area contributed by atoms with E-state index < -0.39 is 0 Å². The summed E-state index contributed by atoms with van der Waals surface area (Å²) in [5.41, 5.74) is 1.27. The molecule has 0 unspecified atom stereocenters. The molecule has 4 nitrogen and oxygen atoms in total. The van der Waals surface area contributed by atoms with Gasteiger partial charge in [-0.05, 0) is 42.9 Å². The van der Waals surface area contributed by atoms with Crippen LogP contribution in [0.15, 0.2) is 24.3 Å². The Hall–Kier alpha value is -1.26. The average Bonchev–Trinajstić information content (AvgIpc) is 2.41. The van der Waals surface area contributed by atoms with Gasteiger partial charge in [0.1, 0.15) is 0 Å². The molecule has 110 valence electrons.